The van der Waals surface area contributed by atoms with Crippen LogP contribution in [-0.4, -0.2) is 11.6 Å². The lowest BCUT2D eigenvalue weighted by Crippen LogP contribution is -2.11. The quantitative estimate of drug-likeness (QED) is 0.760. The fourth-order valence-corrected chi connectivity index (χ4v) is 1.02. The molecule has 0 spiro atoms. The molecule has 0 aromatic carbocycles. The molecule has 0 bridgehead atoms. The number of rotatable bonds is 3. The summed E-state index contributed by atoms with van der Waals surface area (Å²) in [6, 6.07) is 7.19. The van der Waals surface area contributed by atoms with Gasteiger partial charge in [-0.1, -0.05) is 26.8 Å². The van der Waals surface area contributed by atoms with Crippen molar-refractivity contribution in [3.8, 4) is 11.9 Å². The van der Waals surface area contributed by atoms with Crippen LogP contribution in [0.3, 0.4) is 0 Å². The van der Waals surface area contributed by atoms with Crippen LogP contribution in [0, 0.1) is 16.7 Å². The third-order valence-electron chi connectivity index (χ3n) is 1.94. The molecule has 0 radical (unpaired) electrons. The highest BCUT2D eigenvalue weighted by atomic mass is 16.5. The maximum absolute atomic E-state index is 8.65. The molecule has 1 heterocycles. The Bertz CT molecular complexity index is 361. The maximum Gasteiger partial charge on any atom is 0.214 e. The summed E-state index contributed by atoms with van der Waals surface area (Å²) in [6.07, 6.45) is 0.964. The van der Waals surface area contributed by atoms with E-state index >= 15 is 0 Å². The summed E-state index contributed by atoms with van der Waals surface area (Å²) in [4.78, 5) is 4.03. The summed E-state index contributed by atoms with van der Waals surface area (Å²) in [7, 11) is 0. The largest absolute Gasteiger partial charge is 0.478 e. The molecule has 0 N–H and O–H groups in total. The normalized spacial score (nSPS) is 10.8. The van der Waals surface area contributed by atoms with Crippen molar-refractivity contribution in [3.63, 3.8) is 0 Å². The molecule has 15 heavy (non-hydrogen) atoms. The summed E-state index contributed by atoms with van der Waals surface area (Å²) in [5, 5.41) is 8.65. The van der Waals surface area contributed by atoms with Crippen molar-refractivity contribution in [2.24, 2.45) is 5.41 Å². The summed E-state index contributed by atoms with van der Waals surface area (Å²) >= 11 is 0. The molecule has 80 valence electrons. The standard InChI is InChI=1S/C12H16N2O/c1-12(2,3)7-8-15-11-6-4-5-10(9-13)14-11/h4-6H,7-8H2,1-3H3. The van der Waals surface area contributed by atoms with Gasteiger partial charge in [-0.15, -0.1) is 0 Å². The lowest BCUT2D eigenvalue weighted by Gasteiger charge is -2.17. The summed E-state index contributed by atoms with van der Waals surface area (Å²) < 4.78 is 5.46. The Morgan fingerprint density at radius 1 is 1.40 bits per heavy atom. The van der Waals surface area contributed by atoms with E-state index in [2.05, 4.69) is 25.8 Å². The number of hydrogen-bond acceptors (Lipinski definition) is 3. The molecule has 0 saturated carbocycles. The minimum atomic E-state index is 0.257. The van der Waals surface area contributed by atoms with E-state index in [0.29, 0.717) is 18.2 Å². The third kappa shape index (κ3) is 4.46. The smallest absolute Gasteiger partial charge is 0.214 e. The van der Waals surface area contributed by atoms with Crippen LogP contribution in [0.2, 0.25) is 0 Å². The second-order valence-corrected chi connectivity index (χ2v) is 4.63. The molecular weight excluding hydrogens is 188 g/mol. The molecule has 3 nitrogen and oxygen atoms in total. The van der Waals surface area contributed by atoms with E-state index in [9.17, 15) is 0 Å². The first-order chi connectivity index (χ1) is 7.01. The first-order valence-corrected chi connectivity index (χ1v) is 5.01. The Morgan fingerprint density at radius 3 is 2.73 bits per heavy atom. The van der Waals surface area contributed by atoms with Gasteiger partial charge in [-0.25, -0.2) is 4.98 Å². The van der Waals surface area contributed by atoms with Crippen molar-refractivity contribution in [3.05, 3.63) is 23.9 Å². The monoisotopic (exact) mass is 204 g/mol. The van der Waals surface area contributed by atoms with Gasteiger partial charge < -0.3 is 4.74 Å². The molecule has 0 aliphatic heterocycles. The number of hydrogen-bond donors (Lipinski definition) is 0. The van der Waals surface area contributed by atoms with E-state index in [1.165, 1.54) is 0 Å². The Balaban J connectivity index is 2.48. The van der Waals surface area contributed by atoms with E-state index in [1.54, 1.807) is 18.2 Å². The molecule has 0 fully saturated rings. The minimum Gasteiger partial charge on any atom is -0.478 e. The number of nitrogens with zero attached hydrogens (tertiary/aromatic N) is 2. The van der Waals surface area contributed by atoms with Crippen molar-refractivity contribution in [1.29, 1.82) is 5.26 Å². The lowest BCUT2D eigenvalue weighted by atomic mass is 9.93. The van der Waals surface area contributed by atoms with Gasteiger partial charge >= 0.3 is 0 Å². The maximum atomic E-state index is 8.65. The Morgan fingerprint density at radius 2 is 2.13 bits per heavy atom. The van der Waals surface area contributed by atoms with Gasteiger partial charge in [0.15, 0.2) is 0 Å². The van der Waals surface area contributed by atoms with Crippen LogP contribution in [0.5, 0.6) is 5.88 Å². The first kappa shape index (κ1) is 11.5. The number of pyridine rings is 1. The molecular formula is C12H16N2O. The molecule has 0 amide bonds. The van der Waals surface area contributed by atoms with Crippen LogP contribution >= 0.6 is 0 Å². The lowest BCUT2D eigenvalue weighted by molar-refractivity contribution is 0.236. The average molecular weight is 204 g/mol. The van der Waals surface area contributed by atoms with Gasteiger partial charge in [-0.2, -0.15) is 5.26 Å². The van der Waals surface area contributed by atoms with E-state index in [4.69, 9.17) is 10.00 Å². The van der Waals surface area contributed by atoms with Crippen molar-refractivity contribution >= 4 is 0 Å². The van der Waals surface area contributed by atoms with Gasteiger partial charge in [0.05, 0.1) is 6.61 Å². The number of nitriles is 1. The Kier molecular flexibility index (Phi) is 3.68. The molecule has 0 unspecified atom stereocenters. The fraction of sp³-hybridized carbons (Fsp3) is 0.500. The SMILES string of the molecule is CC(C)(C)CCOc1cccc(C#N)n1. The van der Waals surface area contributed by atoms with Gasteiger partial charge in [-0.05, 0) is 17.9 Å². The predicted molar refractivity (Wildman–Crippen MR) is 58.5 cm³/mol. The highest BCUT2D eigenvalue weighted by Gasteiger charge is 2.10. The van der Waals surface area contributed by atoms with E-state index in [1.807, 2.05) is 6.07 Å². The molecule has 0 saturated heterocycles. The van der Waals surface area contributed by atoms with Crippen LogP contribution in [0.15, 0.2) is 18.2 Å². The van der Waals surface area contributed by atoms with Crippen molar-refractivity contribution in [1.82, 2.24) is 4.98 Å². The van der Waals surface area contributed by atoms with Crippen LogP contribution in [0.1, 0.15) is 32.9 Å². The first-order valence-electron chi connectivity index (χ1n) is 5.01. The molecule has 0 aliphatic carbocycles. The molecule has 3 heteroatoms. The Labute approximate surface area is 90.7 Å². The molecule has 1 aromatic heterocycles. The zero-order valence-electron chi connectivity index (χ0n) is 9.45. The molecule has 1 aromatic rings. The van der Waals surface area contributed by atoms with Crippen LogP contribution < -0.4 is 4.74 Å². The molecule has 0 aliphatic rings. The van der Waals surface area contributed by atoms with Crippen LogP contribution in [-0.2, 0) is 0 Å². The molecule has 0 atom stereocenters. The van der Waals surface area contributed by atoms with Crippen molar-refractivity contribution in [2.75, 3.05) is 6.61 Å². The summed E-state index contributed by atoms with van der Waals surface area (Å²) in [5.74, 6) is 0.526. The highest BCUT2D eigenvalue weighted by Crippen LogP contribution is 2.18. The number of ether oxygens (including phenoxy) is 1. The summed E-state index contributed by atoms with van der Waals surface area (Å²) in [6.45, 7) is 7.12. The number of aromatic nitrogens is 1. The topological polar surface area (TPSA) is 45.9 Å². The van der Waals surface area contributed by atoms with E-state index in [-0.39, 0.29) is 5.41 Å². The van der Waals surface area contributed by atoms with Gasteiger partial charge in [-0.3, -0.25) is 0 Å². The van der Waals surface area contributed by atoms with Crippen LogP contribution in [0.4, 0.5) is 0 Å². The van der Waals surface area contributed by atoms with Gasteiger partial charge in [0.1, 0.15) is 11.8 Å². The van der Waals surface area contributed by atoms with Crippen molar-refractivity contribution < 1.29 is 4.74 Å². The van der Waals surface area contributed by atoms with E-state index < -0.39 is 0 Å². The fourth-order valence-electron chi connectivity index (χ4n) is 1.02. The zero-order chi connectivity index (χ0) is 11.3. The second-order valence-electron chi connectivity index (χ2n) is 4.63. The van der Waals surface area contributed by atoms with Gasteiger partial charge in [0.25, 0.3) is 0 Å². The third-order valence-corrected chi connectivity index (χ3v) is 1.94. The van der Waals surface area contributed by atoms with Gasteiger partial charge in [0.2, 0.25) is 5.88 Å². The minimum absolute atomic E-state index is 0.257. The Hall–Kier alpha value is -1.56. The van der Waals surface area contributed by atoms with E-state index in [0.717, 1.165) is 6.42 Å². The summed E-state index contributed by atoms with van der Waals surface area (Å²) in [5.41, 5.74) is 0.649. The van der Waals surface area contributed by atoms with Gasteiger partial charge in [0, 0.05) is 6.07 Å². The second kappa shape index (κ2) is 4.79. The highest BCUT2D eigenvalue weighted by molar-refractivity contribution is 5.24. The predicted octanol–water partition coefficient (Wildman–Crippen LogP) is 2.77. The average Bonchev–Trinajstić information content (AvgIpc) is 2.16. The molecule has 1 rings (SSSR count). The van der Waals surface area contributed by atoms with Crippen molar-refractivity contribution in [2.45, 2.75) is 27.2 Å². The van der Waals surface area contributed by atoms with Crippen LogP contribution in [0.25, 0.3) is 0 Å². The zero-order valence-corrected chi connectivity index (χ0v) is 9.45.